The monoisotopic (exact) mass is 314 g/mol. The van der Waals surface area contributed by atoms with Gasteiger partial charge in [-0.1, -0.05) is 27.7 Å². The van der Waals surface area contributed by atoms with Crippen molar-refractivity contribution in [1.29, 1.82) is 0 Å². The lowest BCUT2D eigenvalue weighted by atomic mass is 9.80. The van der Waals surface area contributed by atoms with Crippen LogP contribution in [0.5, 0.6) is 0 Å². The Hall–Kier alpha value is -1.08. The van der Waals surface area contributed by atoms with Crippen molar-refractivity contribution < 1.29 is 8.42 Å². The summed E-state index contributed by atoms with van der Waals surface area (Å²) in [5, 5.41) is 4.09. The molecule has 2 rings (SSSR count). The van der Waals surface area contributed by atoms with E-state index in [1.165, 1.54) is 0 Å². The molecule has 21 heavy (non-hydrogen) atoms. The number of hydrogen-bond donors (Lipinski definition) is 1. The van der Waals surface area contributed by atoms with Crippen LogP contribution in [0.2, 0.25) is 0 Å². The van der Waals surface area contributed by atoms with E-state index in [4.69, 9.17) is 5.73 Å². The van der Waals surface area contributed by atoms with Gasteiger partial charge in [-0.2, -0.15) is 9.40 Å². The minimum atomic E-state index is -3.54. The highest BCUT2D eigenvalue weighted by Crippen LogP contribution is 2.36. The van der Waals surface area contributed by atoms with E-state index in [2.05, 4.69) is 25.9 Å². The first kappa shape index (κ1) is 16.3. The summed E-state index contributed by atoms with van der Waals surface area (Å²) in [5.74, 6) is 0.474. The molecule has 0 saturated carbocycles. The average Bonchev–Trinajstić information content (AvgIpc) is 2.96. The van der Waals surface area contributed by atoms with E-state index in [1.807, 2.05) is 6.92 Å². The van der Waals surface area contributed by atoms with E-state index in [9.17, 15) is 8.42 Å². The zero-order valence-electron chi connectivity index (χ0n) is 13.3. The molecule has 0 bridgehead atoms. The normalized spacial score (nSPS) is 21.0. The smallest absolute Gasteiger partial charge is 0.248 e. The van der Waals surface area contributed by atoms with Gasteiger partial charge in [-0.3, -0.25) is 4.68 Å². The van der Waals surface area contributed by atoms with Crippen LogP contribution in [0, 0.1) is 11.3 Å². The van der Waals surface area contributed by atoms with Crippen molar-refractivity contribution in [3.8, 4) is 0 Å². The molecule has 1 atom stereocenters. The van der Waals surface area contributed by atoms with Gasteiger partial charge in [0, 0.05) is 25.8 Å². The van der Waals surface area contributed by atoms with Gasteiger partial charge in [0.1, 0.15) is 4.90 Å². The molecule has 0 aliphatic carbocycles. The van der Waals surface area contributed by atoms with Gasteiger partial charge in [0.25, 0.3) is 0 Å². The lowest BCUT2D eigenvalue weighted by Gasteiger charge is -2.26. The van der Waals surface area contributed by atoms with Crippen LogP contribution in [-0.4, -0.2) is 35.6 Å². The molecule has 2 N–H and O–H groups in total. The second-order valence-electron chi connectivity index (χ2n) is 6.86. The summed E-state index contributed by atoms with van der Waals surface area (Å²) in [5.41, 5.74) is 5.92. The summed E-state index contributed by atoms with van der Waals surface area (Å²) in [4.78, 5) is 0.144. The second kappa shape index (κ2) is 5.61. The lowest BCUT2D eigenvalue weighted by molar-refractivity contribution is 0.252. The summed E-state index contributed by atoms with van der Waals surface area (Å²) >= 11 is 0. The predicted molar refractivity (Wildman–Crippen MR) is 83.3 cm³/mol. The van der Waals surface area contributed by atoms with Gasteiger partial charge in [-0.05, 0) is 24.2 Å². The van der Waals surface area contributed by atoms with E-state index in [1.54, 1.807) is 15.2 Å². The Labute approximate surface area is 127 Å². The Morgan fingerprint density at radius 1 is 1.43 bits per heavy atom. The topological polar surface area (TPSA) is 81.2 Å². The van der Waals surface area contributed by atoms with Crippen LogP contribution in [0.25, 0.3) is 0 Å². The quantitative estimate of drug-likeness (QED) is 0.920. The molecule has 0 spiro atoms. The van der Waals surface area contributed by atoms with Crippen molar-refractivity contribution in [1.82, 2.24) is 14.1 Å². The summed E-state index contributed by atoms with van der Waals surface area (Å²) in [6.45, 7) is 10.3. The highest BCUT2D eigenvalue weighted by atomic mass is 32.2. The van der Waals surface area contributed by atoms with Gasteiger partial charge >= 0.3 is 0 Å². The summed E-state index contributed by atoms with van der Waals surface area (Å²) in [7, 11) is -3.54. The Bertz CT molecular complexity index is 601. The summed E-state index contributed by atoms with van der Waals surface area (Å²) in [6.07, 6.45) is 3.33. The first-order chi connectivity index (χ1) is 9.66. The number of sulfonamides is 1. The molecule has 1 fully saturated rings. The summed E-state index contributed by atoms with van der Waals surface area (Å²) < 4.78 is 28.6. The fraction of sp³-hybridized carbons (Fsp3) is 0.786. The molecule has 1 aromatic heterocycles. The Morgan fingerprint density at radius 2 is 2.10 bits per heavy atom. The predicted octanol–water partition coefficient (Wildman–Crippen LogP) is 1.93. The standard InChI is InChI=1S/C14H26N4O2S/c1-5-7-17-10-12(13(15)16-17)21(19,20)18-8-6-11(9-18)14(2,3)4/h10-11H,5-9H2,1-4H3,(H2,15,16). The largest absolute Gasteiger partial charge is 0.381 e. The maximum absolute atomic E-state index is 12.7. The molecule has 1 unspecified atom stereocenters. The van der Waals surface area contributed by atoms with E-state index < -0.39 is 10.0 Å². The molecule has 2 heterocycles. The maximum atomic E-state index is 12.7. The highest BCUT2D eigenvalue weighted by Gasteiger charge is 2.39. The summed E-state index contributed by atoms with van der Waals surface area (Å²) in [6, 6.07) is 0. The first-order valence-corrected chi connectivity index (χ1v) is 8.93. The van der Waals surface area contributed by atoms with Crippen molar-refractivity contribution >= 4 is 15.8 Å². The van der Waals surface area contributed by atoms with Crippen LogP contribution in [0.1, 0.15) is 40.5 Å². The molecule has 0 amide bonds. The number of nitrogens with two attached hydrogens (primary N) is 1. The number of rotatable bonds is 4. The first-order valence-electron chi connectivity index (χ1n) is 7.49. The number of aryl methyl sites for hydroxylation is 1. The fourth-order valence-corrected chi connectivity index (χ4v) is 4.31. The van der Waals surface area contributed by atoms with Crippen LogP contribution in [0.4, 0.5) is 5.82 Å². The average molecular weight is 314 g/mol. The number of nitrogens with zero attached hydrogens (tertiary/aromatic N) is 3. The van der Waals surface area contributed by atoms with Crippen molar-refractivity contribution in [3.05, 3.63) is 6.20 Å². The number of anilines is 1. The van der Waals surface area contributed by atoms with Gasteiger partial charge < -0.3 is 5.73 Å². The highest BCUT2D eigenvalue weighted by molar-refractivity contribution is 7.89. The Kier molecular flexibility index (Phi) is 4.35. The van der Waals surface area contributed by atoms with Gasteiger partial charge in [0.05, 0.1) is 0 Å². The second-order valence-corrected chi connectivity index (χ2v) is 8.76. The molecule has 0 aromatic carbocycles. The van der Waals surface area contributed by atoms with E-state index in [0.717, 1.165) is 12.8 Å². The van der Waals surface area contributed by atoms with E-state index in [-0.39, 0.29) is 16.1 Å². The molecule has 1 aliphatic heterocycles. The molecule has 6 nitrogen and oxygen atoms in total. The van der Waals surface area contributed by atoms with Crippen LogP contribution >= 0.6 is 0 Å². The van der Waals surface area contributed by atoms with Crippen molar-refractivity contribution in [2.24, 2.45) is 11.3 Å². The molecular formula is C14H26N4O2S. The Morgan fingerprint density at radius 3 is 2.62 bits per heavy atom. The zero-order valence-corrected chi connectivity index (χ0v) is 14.2. The third kappa shape index (κ3) is 3.23. The lowest BCUT2D eigenvalue weighted by Crippen LogP contribution is -2.31. The van der Waals surface area contributed by atoms with Crippen LogP contribution < -0.4 is 5.73 Å². The van der Waals surface area contributed by atoms with Crippen molar-refractivity contribution in [2.45, 2.75) is 52.0 Å². The van der Waals surface area contributed by atoms with E-state index >= 15 is 0 Å². The molecule has 120 valence electrons. The van der Waals surface area contributed by atoms with Gasteiger partial charge in [0.2, 0.25) is 10.0 Å². The zero-order chi connectivity index (χ0) is 15.8. The van der Waals surface area contributed by atoms with Crippen LogP contribution in [-0.2, 0) is 16.6 Å². The third-order valence-corrected chi connectivity index (χ3v) is 6.08. The van der Waals surface area contributed by atoms with Crippen LogP contribution in [0.15, 0.2) is 11.1 Å². The van der Waals surface area contributed by atoms with Gasteiger partial charge in [-0.15, -0.1) is 0 Å². The number of hydrogen-bond acceptors (Lipinski definition) is 4. The molecule has 1 saturated heterocycles. The number of nitrogen functional groups attached to an aromatic ring is 1. The van der Waals surface area contributed by atoms with Crippen molar-refractivity contribution in [3.63, 3.8) is 0 Å². The van der Waals surface area contributed by atoms with Gasteiger partial charge in [0.15, 0.2) is 5.82 Å². The SMILES string of the molecule is CCCn1cc(S(=O)(=O)N2CCC(C(C)(C)C)C2)c(N)n1. The molecule has 0 radical (unpaired) electrons. The van der Waals surface area contributed by atoms with Gasteiger partial charge in [-0.25, -0.2) is 8.42 Å². The minimum absolute atomic E-state index is 0.0997. The minimum Gasteiger partial charge on any atom is -0.381 e. The molecule has 1 aromatic rings. The van der Waals surface area contributed by atoms with Crippen LogP contribution in [0.3, 0.4) is 0 Å². The Balaban J connectivity index is 2.23. The fourth-order valence-electron chi connectivity index (χ4n) is 2.75. The van der Waals surface area contributed by atoms with Crippen molar-refractivity contribution in [2.75, 3.05) is 18.8 Å². The molecule has 1 aliphatic rings. The third-order valence-electron chi connectivity index (χ3n) is 4.20. The molecule has 7 heteroatoms. The number of aromatic nitrogens is 2. The maximum Gasteiger partial charge on any atom is 0.248 e. The van der Waals surface area contributed by atoms with E-state index in [0.29, 0.717) is 25.6 Å². The molecular weight excluding hydrogens is 288 g/mol.